The number of carbonyl (C=O) groups is 1. The van der Waals surface area contributed by atoms with E-state index in [0.29, 0.717) is 12.2 Å². The zero-order valence-electron chi connectivity index (χ0n) is 8.06. The molecule has 12 heavy (non-hydrogen) atoms. The molecular weight excluding hydrogens is 152 g/mol. The highest BCUT2D eigenvalue weighted by molar-refractivity contribution is 5.86. The molecule has 0 unspecified atom stereocenters. The fourth-order valence-corrected chi connectivity index (χ4v) is 0.432. The molecule has 0 aliphatic rings. The molecule has 0 aliphatic heterocycles. The zero-order chi connectivity index (χ0) is 9.98. The Hall–Kier alpha value is -1.05. The van der Waals surface area contributed by atoms with Crippen molar-refractivity contribution in [2.45, 2.75) is 26.7 Å². The minimum atomic E-state index is -0.284. The Morgan fingerprint density at radius 3 is 2.25 bits per heavy atom. The van der Waals surface area contributed by atoms with Crippen molar-refractivity contribution in [3.05, 3.63) is 25.3 Å². The van der Waals surface area contributed by atoms with Crippen LogP contribution in [0, 0.1) is 0 Å². The summed E-state index contributed by atoms with van der Waals surface area (Å²) >= 11 is 0. The standard InChI is InChI=1S/C8H14O2.C2H4/c1-4-5-6-10-8(9)7(2)3;1-2/h2,4-6H2,1,3H3;1-2H2. The Morgan fingerprint density at radius 2 is 1.92 bits per heavy atom. The highest BCUT2D eigenvalue weighted by Gasteiger charge is 2.00. The van der Waals surface area contributed by atoms with Gasteiger partial charge in [0, 0.05) is 5.57 Å². The van der Waals surface area contributed by atoms with Crippen LogP contribution in [0.25, 0.3) is 0 Å². The van der Waals surface area contributed by atoms with Gasteiger partial charge < -0.3 is 4.74 Å². The first kappa shape index (κ1) is 13.5. The molecule has 0 aromatic carbocycles. The van der Waals surface area contributed by atoms with Gasteiger partial charge in [-0.05, 0) is 13.3 Å². The van der Waals surface area contributed by atoms with Crippen LogP contribution in [-0.2, 0) is 9.53 Å². The number of carbonyl (C=O) groups excluding carboxylic acids is 1. The van der Waals surface area contributed by atoms with Gasteiger partial charge in [0.2, 0.25) is 0 Å². The third kappa shape index (κ3) is 8.95. The lowest BCUT2D eigenvalue weighted by Crippen LogP contribution is -2.05. The largest absolute Gasteiger partial charge is 0.462 e. The van der Waals surface area contributed by atoms with Gasteiger partial charge in [-0.3, -0.25) is 0 Å². The third-order valence-electron chi connectivity index (χ3n) is 1.08. The van der Waals surface area contributed by atoms with Crippen molar-refractivity contribution in [2.24, 2.45) is 0 Å². The molecule has 0 atom stereocenters. The average Bonchev–Trinajstić information content (AvgIpc) is 2.08. The predicted molar refractivity (Wildman–Crippen MR) is 51.9 cm³/mol. The normalized spacial score (nSPS) is 7.83. The van der Waals surface area contributed by atoms with Crippen LogP contribution >= 0.6 is 0 Å². The number of hydrogen-bond acceptors (Lipinski definition) is 2. The number of ether oxygens (including phenoxy) is 1. The first-order chi connectivity index (χ1) is 5.68. The van der Waals surface area contributed by atoms with Gasteiger partial charge in [-0.2, -0.15) is 0 Å². The number of unbranched alkanes of at least 4 members (excludes halogenated alkanes) is 1. The maximum atomic E-state index is 10.7. The van der Waals surface area contributed by atoms with Crippen LogP contribution in [0.15, 0.2) is 25.3 Å². The van der Waals surface area contributed by atoms with E-state index in [1.807, 2.05) is 0 Å². The van der Waals surface area contributed by atoms with Gasteiger partial charge in [0.15, 0.2) is 0 Å². The van der Waals surface area contributed by atoms with Crippen LogP contribution in [0.3, 0.4) is 0 Å². The van der Waals surface area contributed by atoms with Crippen LogP contribution in [0.2, 0.25) is 0 Å². The molecule has 0 heterocycles. The fraction of sp³-hybridized carbons (Fsp3) is 0.500. The van der Waals surface area contributed by atoms with Crippen molar-refractivity contribution in [1.29, 1.82) is 0 Å². The maximum absolute atomic E-state index is 10.7. The minimum absolute atomic E-state index is 0.284. The van der Waals surface area contributed by atoms with Crippen LogP contribution in [-0.4, -0.2) is 12.6 Å². The van der Waals surface area contributed by atoms with Gasteiger partial charge in [-0.15, -0.1) is 13.2 Å². The summed E-state index contributed by atoms with van der Waals surface area (Å²) in [5, 5.41) is 0. The summed E-state index contributed by atoms with van der Waals surface area (Å²) in [5.41, 5.74) is 0.469. The molecule has 0 N–H and O–H groups in total. The van der Waals surface area contributed by atoms with E-state index in [4.69, 9.17) is 4.74 Å². The molecule has 0 aliphatic carbocycles. The molecule has 0 saturated carbocycles. The Bertz CT molecular complexity index is 139. The highest BCUT2D eigenvalue weighted by Crippen LogP contribution is 1.94. The summed E-state index contributed by atoms with van der Waals surface area (Å²) in [4.78, 5) is 10.7. The van der Waals surface area contributed by atoms with Crippen molar-refractivity contribution in [3.8, 4) is 0 Å². The molecule has 0 aromatic rings. The Labute approximate surface area is 74.9 Å². The van der Waals surface area contributed by atoms with Gasteiger partial charge in [-0.1, -0.05) is 19.9 Å². The topological polar surface area (TPSA) is 26.3 Å². The second-order valence-electron chi connectivity index (χ2n) is 2.27. The van der Waals surface area contributed by atoms with Gasteiger partial charge in [0.25, 0.3) is 0 Å². The van der Waals surface area contributed by atoms with E-state index < -0.39 is 0 Å². The molecular formula is C10H18O2. The Balaban J connectivity index is 0. The Morgan fingerprint density at radius 1 is 1.42 bits per heavy atom. The van der Waals surface area contributed by atoms with Crippen LogP contribution < -0.4 is 0 Å². The fourth-order valence-electron chi connectivity index (χ4n) is 0.432. The molecule has 0 rings (SSSR count). The lowest BCUT2D eigenvalue weighted by Gasteiger charge is -2.01. The molecule has 0 fully saturated rings. The van der Waals surface area contributed by atoms with E-state index in [2.05, 4.69) is 26.7 Å². The average molecular weight is 170 g/mol. The lowest BCUT2D eigenvalue weighted by molar-refractivity contribution is -0.139. The first-order valence-corrected chi connectivity index (χ1v) is 4.01. The summed E-state index contributed by atoms with van der Waals surface area (Å²) in [6, 6.07) is 0. The summed E-state index contributed by atoms with van der Waals surface area (Å²) < 4.78 is 4.81. The summed E-state index contributed by atoms with van der Waals surface area (Å²) in [6.07, 6.45) is 1.97. The van der Waals surface area contributed by atoms with E-state index in [1.165, 1.54) is 0 Å². The van der Waals surface area contributed by atoms with Crippen molar-refractivity contribution < 1.29 is 9.53 Å². The second kappa shape index (κ2) is 9.95. The summed E-state index contributed by atoms with van der Waals surface area (Å²) in [6.45, 7) is 13.7. The Kier molecular flexibility index (Phi) is 11.2. The van der Waals surface area contributed by atoms with E-state index >= 15 is 0 Å². The van der Waals surface area contributed by atoms with Gasteiger partial charge in [-0.25, -0.2) is 4.79 Å². The van der Waals surface area contributed by atoms with Crippen molar-refractivity contribution in [2.75, 3.05) is 6.61 Å². The molecule has 0 spiro atoms. The van der Waals surface area contributed by atoms with Crippen LogP contribution in [0.5, 0.6) is 0 Å². The molecule has 0 saturated heterocycles. The molecule has 70 valence electrons. The predicted octanol–water partition coefficient (Wildman–Crippen LogP) is 2.71. The quantitative estimate of drug-likeness (QED) is 0.280. The zero-order valence-corrected chi connectivity index (χ0v) is 8.06. The molecule has 0 aromatic heterocycles. The van der Waals surface area contributed by atoms with Gasteiger partial charge in [0.1, 0.15) is 0 Å². The van der Waals surface area contributed by atoms with E-state index in [-0.39, 0.29) is 5.97 Å². The molecule has 2 nitrogen and oxygen atoms in total. The van der Waals surface area contributed by atoms with Gasteiger partial charge >= 0.3 is 5.97 Å². The smallest absolute Gasteiger partial charge is 0.333 e. The van der Waals surface area contributed by atoms with E-state index in [0.717, 1.165) is 12.8 Å². The number of esters is 1. The second-order valence-corrected chi connectivity index (χ2v) is 2.27. The van der Waals surface area contributed by atoms with Crippen LogP contribution in [0.1, 0.15) is 26.7 Å². The van der Waals surface area contributed by atoms with Gasteiger partial charge in [0.05, 0.1) is 6.61 Å². The van der Waals surface area contributed by atoms with Crippen molar-refractivity contribution in [3.63, 3.8) is 0 Å². The maximum Gasteiger partial charge on any atom is 0.333 e. The van der Waals surface area contributed by atoms with Crippen molar-refractivity contribution in [1.82, 2.24) is 0 Å². The number of rotatable bonds is 4. The SMILES string of the molecule is C=C.C=C(C)C(=O)OCCCC. The molecule has 0 radical (unpaired) electrons. The summed E-state index contributed by atoms with van der Waals surface area (Å²) in [7, 11) is 0. The molecule has 0 bridgehead atoms. The van der Waals surface area contributed by atoms with Crippen molar-refractivity contribution >= 4 is 5.97 Å². The summed E-state index contributed by atoms with van der Waals surface area (Å²) in [5.74, 6) is -0.284. The lowest BCUT2D eigenvalue weighted by atomic mass is 10.3. The first-order valence-electron chi connectivity index (χ1n) is 4.01. The minimum Gasteiger partial charge on any atom is -0.462 e. The number of hydrogen-bond donors (Lipinski definition) is 0. The van der Waals surface area contributed by atoms with E-state index in [9.17, 15) is 4.79 Å². The highest BCUT2D eigenvalue weighted by atomic mass is 16.5. The monoisotopic (exact) mass is 170 g/mol. The van der Waals surface area contributed by atoms with E-state index in [1.54, 1.807) is 6.92 Å². The molecule has 0 amide bonds. The van der Waals surface area contributed by atoms with Crippen LogP contribution in [0.4, 0.5) is 0 Å². The molecule has 2 heteroatoms. The third-order valence-corrected chi connectivity index (χ3v) is 1.08.